The van der Waals surface area contributed by atoms with Gasteiger partial charge in [0.2, 0.25) is 11.8 Å². The predicted octanol–water partition coefficient (Wildman–Crippen LogP) is 5.67. The van der Waals surface area contributed by atoms with Gasteiger partial charge < -0.3 is 29.9 Å². The zero-order valence-corrected chi connectivity index (χ0v) is 30.6. The van der Waals surface area contributed by atoms with Gasteiger partial charge >= 0.3 is 5.97 Å². The van der Waals surface area contributed by atoms with Crippen LogP contribution in [0.4, 0.5) is 0 Å². The fourth-order valence-corrected chi connectivity index (χ4v) is 7.34. The zero-order valence-electron chi connectivity index (χ0n) is 29.8. The van der Waals surface area contributed by atoms with Gasteiger partial charge in [0, 0.05) is 44.6 Å². The van der Waals surface area contributed by atoms with Crippen molar-refractivity contribution in [2.24, 2.45) is 0 Å². The van der Waals surface area contributed by atoms with Crippen LogP contribution in [-0.2, 0) is 25.7 Å². The number of ether oxygens (including phenoxy) is 1. The number of carbonyl (C=O) groups is 4. The number of benzene rings is 2. The number of amides is 3. The summed E-state index contributed by atoms with van der Waals surface area (Å²) in [5, 5.41) is 14.0. The van der Waals surface area contributed by atoms with Crippen LogP contribution in [0.1, 0.15) is 113 Å². The molecular formula is C38H56N4O7S. The van der Waals surface area contributed by atoms with E-state index in [0.29, 0.717) is 55.5 Å². The lowest BCUT2D eigenvalue weighted by molar-refractivity contribution is -0.136. The van der Waals surface area contributed by atoms with Crippen molar-refractivity contribution in [1.82, 2.24) is 19.8 Å². The number of hydrogen-bond acceptors (Lipinski definition) is 7. The van der Waals surface area contributed by atoms with Gasteiger partial charge in [-0.2, -0.15) is 0 Å². The lowest BCUT2D eigenvalue weighted by Gasteiger charge is -2.31. The Bertz CT molecular complexity index is 1310. The molecule has 3 rings (SSSR count). The Kier molecular flexibility index (Phi) is 18.8. The van der Waals surface area contributed by atoms with Crippen LogP contribution in [0.25, 0.3) is 0 Å². The minimum absolute atomic E-state index is 0.0616. The molecule has 0 saturated carbocycles. The largest absolute Gasteiger partial charge is 0.593 e. The van der Waals surface area contributed by atoms with Gasteiger partial charge in [-0.3, -0.25) is 19.2 Å². The number of hydrogen-bond donors (Lipinski definition) is 3. The summed E-state index contributed by atoms with van der Waals surface area (Å²) in [4.78, 5) is 49.4. The molecule has 0 aromatic heterocycles. The van der Waals surface area contributed by atoms with Crippen LogP contribution in [-0.4, -0.2) is 88.4 Å². The number of carbonyl (C=O) groups excluding carboxylic acids is 3. The third-order valence-electron chi connectivity index (χ3n) is 9.11. The molecule has 1 aliphatic heterocycles. The molecule has 1 unspecified atom stereocenters. The third-order valence-corrected chi connectivity index (χ3v) is 10.6. The molecule has 0 aliphatic carbocycles. The van der Waals surface area contributed by atoms with Gasteiger partial charge in [0.05, 0.1) is 17.9 Å². The Morgan fingerprint density at radius 1 is 0.840 bits per heavy atom. The van der Waals surface area contributed by atoms with Crippen molar-refractivity contribution in [3.63, 3.8) is 0 Å². The summed E-state index contributed by atoms with van der Waals surface area (Å²) in [6.07, 6.45) is 11.6. The highest BCUT2D eigenvalue weighted by molar-refractivity contribution is 7.89. The summed E-state index contributed by atoms with van der Waals surface area (Å²) in [6, 6.07) is 14.5. The average molecular weight is 713 g/mol. The maximum atomic E-state index is 13.1. The summed E-state index contributed by atoms with van der Waals surface area (Å²) in [6.45, 7) is 7.40. The number of carboxylic acid groups (broad SMARTS) is 1. The minimum Gasteiger partial charge on any atom is -0.593 e. The first-order valence-electron chi connectivity index (χ1n) is 18.3. The molecule has 0 bridgehead atoms. The molecule has 50 heavy (non-hydrogen) atoms. The van der Waals surface area contributed by atoms with Gasteiger partial charge in [-0.05, 0) is 87.4 Å². The van der Waals surface area contributed by atoms with Crippen molar-refractivity contribution >= 4 is 35.1 Å². The Hall–Kier alpha value is -3.61. The van der Waals surface area contributed by atoms with E-state index < -0.39 is 29.8 Å². The van der Waals surface area contributed by atoms with Gasteiger partial charge in [0.1, 0.15) is 18.9 Å². The lowest BCUT2D eigenvalue weighted by atomic mass is 9.90. The second kappa shape index (κ2) is 23.0. The van der Waals surface area contributed by atoms with Crippen molar-refractivity contribution in [3.8, 4) is 5.75 Å². The van der Waals surface area contributed by atoms with Crippen molar-refractivity contribution in [2.45, 2.75) is 102 Å². The third kappa shape index (κ3) is 14.7. The molecule has 1 aliphatic rings. The highest BCUT2D eigenvalue weighted by atomic mass is 32.2. The van der Waals surface area contributed by atoms with Gasteiger partial charge in [-0.1, -0.05) is 50.7 Å². The first-order valence-corrected chi connectivity index (χ1v) is 19.4. The Morgan fingerprint density at radius 2 is 1.42 bits per heavy atom. The first kappa shape index (κ1) is 40.8. The molecule has 1 fully saturated rings. The Balaban J connectivity index is 1.21. The average Bonchev–Trinajstić information content (AvgIpc) is 3.13. The second-order valence-electron chi connectivity index (χ2n) is 12.7. The van der Waals surface area contributed by atoms with E-state index in [-0.39, 0.29) is 11.8 Å². The van der Waals surface area contributed by atoms with E-state index in [1.54, 1.807) is 24.3 Å². The monoisotopic (exact) mass is 712 g/mol. The molecule has 0 spiro atoms. The quantitative estimate of drug-likeness (QED) is 0.0986. The first-order chi connectivity index (χ1) is 24.2. The summed E-state index contributed by atoms with van der Waals surface area (Å²) in [7, 11) is 0. The van der Waals surface area contributed by atoms with Crippen molar-refractivity contribution in [1.29, 1.82) is 0 Å². The van der Waals surface area contributed by atoms with Crippen molar-refractivity contribution in [2.75, 3.05) is 45.9 Å². The minimum atomic E-state index is -1.35. The highest BCUT2D eigenvalue weighted by Gasteiger charge is 2.29. The van der Waals surface area contributed by atoms with E-state index in [2.05, 4.69) is 22.8 Å². The summed E-state index contributed by atoms with van der Waals surface area (Å²) < 4.78 is 20.9. The molecule has 1 atom stereocenters. The van der Waals surface area contributed by atoms with E-state index in [4.69, 9.17) is 9.84 Å². The van der Waals surface area contributed by atoms with Gasteiger partial charge in [-0.25, -0.2) is 0 Å². The van der Waals surface area contributed by atoms with Crippen molar-refractivity contribution in [3.05, 3.63) is 59.7 Å². The standard InChI is InChI=1S/C38H56N4O7S/c1-3-41(4-2)36(44)14-12-10-8-6-5-7-9-11-13-35(43)39-25-28-49-33-19-15-30(16-20-33)31-23-26-42(27-24-31)50(48)34-21-17-32(18-22-34)38(47)40-29-37(45)46/h15-22,31H,3-14,23-29H2,1-2H3,(H,39,43)(H,40,47)(H,45,46). The maximum Gasteiger partial charge on any atom is 0.322 e. The highest BCUT2D eigenvalue weighted by Crippen LogP contribution is 2.31. The van der Waals surface area contributed by atoms with Crippen LogP contribution in [0.5, 0.6) is 5.75 Å². The molecule has 12 heteroatoms. The fraction of sp³-hybridized carbons (Fsp3) is 0.579. The zero-order chi connectivity index (χ0) is 36.1. The number of carboxylic acids is 1. The van der Waals surface area contributed by atoms with Crippen LogP contribution in [0.3, 0.4) is 0 Å². The summed E-state index contributed by atoms with van der Waals surface area (Å²) in [5.41, 5.74) is 1.54. The van der Waals surface area contributed by atoms with Crippen LogP contribution >= 0.6 is 0 Å². The van der Waals surface area contributed by atoms with E-state index in [0.717, 1.165) is 63.8 Å². The molecule has 1 heterocycles. The number of piperidine rings is 1. The molecule has 11 nitrogen and oxygen atoms in total. The van der Waals surface area contributed by atoms with E-state index in [1.807, 2.05) is 35.2 Å². The topological polar surface area (TPSA) is 151 Å². The van der Waals surface area contributed by atoms with Gasteiger partial charge in [-0.15, -0.1) is 4.31 Å². The van der Waals surface area contributed by atoms with Crippen LogP contribution in [0.2, 0.25) is 0 Å². The molecule has 2 aromatic carbocycles. The number of rotatable bonds is 23. The van der Waals surface area contributed by atoms with Crippen LogP contribution < -0.4 is 15.4 Å². The smallest absolute Gasteiger partial charge is 0.322 e. The van der Waals surface area contributed by atoms with Crippen LogP contribution in [0, 0.1) is 0 Å². The second-order valence-corrected chi connectivity index (χ2v) is 14.2. The molecule has 3 amide bonds. The van der Waals surface area contributed by atoms with E-state index >= 15 is 0 Å². The number of nitrogens with zero attached hydrogens (tertiary/aromatic N) is 2. The van der Waals surface area contributed by atoms with Gasteiger partial charge in [0.15, 0.2) is 4.90 Å². The van der Waals surface area contributed by atoms with E-state index in [1.165, 1.54) is 24.8 Å². The lowest BCUT2D eigenvalue weighted by Crippen LogP contribution is -2.38. The SMILES string of the molecule is CCN(CC)C(=O)CCCCCCCCCCC(=O)NCCOc1ccc(C2CCN([S+]([O-])c3ccc(C(=O)NCC(=O)O)cc3)CC2)cc1. The Labute approximate surface area is 300 Å². The molecule has 2 aromatic rings. The van der Waals surface area contributed by atoms with Crippen molar-refractivity contribution < 1.29 is 33.6 Å². The molecule has 0 radical (unpaired) electrons. The normalized spacial score (nSPS) is 14.1. The Morgan fingerprint density at radius 3 is 2.00 bits per heavy atom. The molecular weight excluding hydrogens is 657 g/mol. The number of nitrogens with one attached hydrogen (secondary N) is 2. The fourth-order valence-electron chi connectivity index (χ4n) is 6.13. The van der Waals surface area contributed by atoms with Gasteiger partial charge in [0.25, 0.3) is 5.91 Å². The maximum absolute atomic E-state index is 13.1. The van der Waals surface area contributed by atoms with Crippen LogP contribution in [0.15, 0.2) is 53.4 Å². The number of unbranched alkanes of at least 4 members (excludes halogenated alkanes) is 7. The predicted molar refractivity (Wildman–Crippen MR) is 195 cm³/mol. The summed E-state index contributed by atoms with van der Waals surface area (Å²) >= 11 is -1.35. The molecule has 276 valence electrons. The molecule has 1 saturated heterocycles. The van der Waals surface area contributed by atoms with E-state index in [9.17, 15) is 23.7 Å². The summed E-state index contributed by atoms with van der Waals surface area (Å²) in [5.74, 6) is -0.149. The number of aliphatic carboxylic acids is 1. The molecule has 3 N–H and O–H groups in total.